The van der Waals surface area contributed by atoms with Gasteiger partial charge in [-0.2, -0.15) is 5.10 Å². The highest BCUT2D eigenvalue weighted by Gasteiger charge is 2.13. The van der Waals surface area contributed by atoms with Crippen LogP contribution in [-0.4, -0.2) is 19.7 Å². The van der Waals surface area contributed by atoms with Crippen LogP contribution in [0.1, 0.15) is 18.5 Å². The van der Waals surface area contributed by atoms with Crippen molar-refractivity contribution in [3.05, 3.63) is 66.0 Å². The summed E-state index contributed by atoms with van der Waals surface area (Å²) in [6.45, 7) is 2.07. The minimum absolute atomic E-state index is 0.0967. The van der Waals surface area contributed by atoms with Crippen LogP contribution in [0.2, 0.25) is 5.02 Å². The van der Waals surface area contributed by atoms with Crippen LogP contribution in [0, 0.1) is 0 Å². The molecule has 1 atom stereocenters. The average molecular weight is 300 g/mol. The summed E-state index contributed by atoms with van der Waals surface area (Å²) >= 11 is 6.31. The monoisotopic (exact) mass is 299 g/mol. The second-order valence-electron chi connectivity index (χ2n) is 4.63. The van der Waals surface area contributed by atoms with E-state index >= 15 is 0 Å². The van der Waals surface area contributed by atoms with Gasteiger partial charge in [-0.3, -0.25) is 4.98 Å². The van der Waals surface area contributed by atoms with Gasteiger partial charge in [0.1, 0.15) is 18.3 Å². The second-order valence-corrected chi connectivity index (χ2v) is 5.04. The molecule has 1 aromatic carbocycles. The van der Waals surface area contributed by atoms with Gasteiger partial charge in [0.05, 0.1) is 16.8 Å². The number of hydrogen-bond donors (Lipinski definition) is 1. The molecular weight excluding hydrogens is 286 g/mol. The quantitative estimate of drug-likeness (QED) is 0.801. The van der Waals surface area contributed by atoms with Crippen LogP contribution in [0.25, 0.3) is 5.69 Å². The minimum atomic E-state index is 0.0967. The molecule has 1 unspecified atom stereocenters. The van der Waals surface area contributed by atoms with Crippen LogP contribution in [0.4, 0.5) is 5.69 Å². The first-order valence-electron chi connectivity index (χ1n) is 6.55. The summed E-state index contributed by atoms with van der Waals surface area (Å²) < 4.78 is 1.65. The molecule has 0 saturated carbocycles. The SMILES string of the molecule is CC(Nc1cccc(Cl)c1-n1cncn1)c1cccnc1. The van der Waals surface area contributed by atoms with Crippen LogP contribution in [0.15, 0.2) is 55.4 Å². The van der Waals surface area contributed by atoms with Gasteiger partial charge in [-0.1, -0.05) is 23.7 Å². The van der Waals surface area contributed by atoms with Crippen molar-refractivity contribution < 1.29 is 0 Å². The van der Waals surface area contributed by atoms with E-state index in [1.807, 2.05) is 36.5 Å². The molecule has 0 fully saturated rings. The van der Waals surface area contributed by atoms with Gasteiger partial charge in [-0.15, -0.1) is 0 Å². The fraction of sp³-hybridized carbons (Fsp3) is 0.133. The topological polar surface area (TPSA) is 55.6 Å². The number of halogens is 1. The maximum Gasteiger partial charge on any atom is 0.138 e. The Kier molecular flexibility index (Phi) is 3.83. The molecule has 0 saturated heterocycles. The van der Waals surface area contributed by atoms with Crippen LogP contribution in [-0.2, 0) is 0 Å². The number of anilines is 1. The molecule has 21 heavy (non-hydrogen) atoms. The number of aromatic nitrogens is 4. The summed E-state index contributed by atoms with van der Waals surface area (Å²) in [5.74, 6) is 0. The molecule has 0 radical (unpaired) electrons. The van der Waals surface area contributed by atoms with Crippen molar-refractivity contribution >= 4 is 17.3 Å². The molecule has 1 N–H and O–H groups in total. The number of nitrogens with zero attached hydrogens (tertiary/aromatic N) is 4. The van der Waals surface area contributed by atoms with E-state index < -0.39 is 0 Å². The Morgan fingerprint density at radius 2 is 2.10 bits per heavy atom. The van der Waals surface area contributed by atoms with Crippen molar-refractivity contribution in [3.63, 3.8) is 0 Å². The van der Waals surface area contributed by atoms with E-state index in [4.69, 9.17) is 11.6 Å². The lowest BCUT2D eigenvalue weighted by molar-refractivity contribution is 0.849. The molecule has 0 aliphatic heterocycles. The predicted octanol–water partition coefficient (Wildman–Crippen LogP) is 3.49. The summed E-state index contributed by atoms with van der Waals surface area (Å²) in [6, 6.07) is 9.75. The minimum Gasteiger partial charge on any atom is -0.377 e. The van der Waals surface area contributed by atoms with E-state index in [0.29, 0.717) is 5.02 Å². The van der Waals surface area contributed by atoms with Crippen LogP contribution in [0.5, 0.6) is 0 Å². The van der Waals surface area contributed by atoms with Gasteiger partial charge in [0.25, 0.3) is 0 Å². The molecule has 0 amide bonds. The summed E-state index contributed by atoms with van der Waals surface area (Å²) in [5, 5.41) is 8.21. The normalized spacial score (nSPS) is 12.1. The zero-order valence-corrected chi connectivity index (χ0v) is 12.2. The molecule has 2 aromatic heterocycles. The van der Waals surface area contributed by atoms with Gasteiger partial charge < -0.3 is 5.32 Å². The molecule has 0 bridgehead atoms. The average Bonchev–Trinajstić information content (AvgIpc) is 3.02. The van der Waals surface area contributed by atoms with Gasteiger partial charge in [-0.05, 0) is 30.7 Å². The van der Waals surface area contributed by atoms with E-state index in [0.717, 1.165) is 16.9 Å². The number of hydrogen-bond acceptors (Lipinski definition) is 4. The van der Waals surface area contributed by atoms with E-state index in [1.54, 1.807) is 17.2 Å². The van der Waals surface area contributed by atoms with Gasteiger partial charge in [0.2, 0.25) is 0 Å². The summed E-state index contributed by atoms with van der Waals surface area (Å²) in [7, 11) is 0. The van der Waals surface area contributed by atoms with Crippen molar-refractivity contribution in [2.45, 2.75) is 13.0 Å². The highest BCUT2D eigenvalue weighted by molar-refractivity contribution is 6.33. The maximum atomic E-state index is 6.31. The molecule has 6 heteroatoms. The molecule has 3 aromatic rings. The Morgan fingerprint density at radius 3 is 2.81 bits per heavy atom. The zero-order valence-electron chi connectivity index (χ0n) is 11.4. The largest absolute Gasteiger partial charge is 0.377 e. The predicted molar refractivity (Wildman–Crippen MR) is 82.6 cm³/mol. The van der Waals surface area contributed by atoms with Crippen molar-refractivity contribution in [1.29, 1.82) is 0 Å². The van der Waals surface area contributed by atoms with Crippen LogP contribution in [0.3, 0.4) is 0 Å². The standard InChI is InChI=1S/C15H14ClN5/c1-11(12-4-3-7-17-8-12)20-14-6-2-5-13(16)15(14)21-10-18-9-19-21/h2-11,20H,1H3. The molecular formula is C15H14ClN5. The Bertz CT molecular complexity index is 712. The molecule has 3 rings (SSSR count). The van der Waals surface area contributed by atoms with Crippen molar-refractivity contribution in [2.75, 3.05) is 5.32 Å². The van der Waals surface area contributed by atoms with Gasteiger partial charge in [0.15, 0.2) is 0 Å². The first kappa shape index (κ1) is 13.6. The van der Waals surface area contributed by atoms with Crippen LogP contribution >= 0.6 is 11.6 Å². The lowest BCUT2D eigenvalue weighted by atomic mass is 10.1. The highest BCUT2D eigenvalue weighted by atomic mass is 35.5. The van der Waals surface area contributed by atoms with E-state index in [2.05, 4.69) is 27.3 Å². The Balaban J connectivity index is 1.95. The van der Waals surface area contributed by atoms with E-state index in [9.17, 15) is 0 Å². The number of pyridine rings is 1. The Morgan fingerprint density at radius 1 is 1.19 bits per heavy atom. The first-order chi connectivity index (χ1) is 10.3. The third-order valence-electron chi connectivity index (χ3n) is 3.19. The van der Waals surface area contributed by atoms with Crippen LogP contribution < -0.4 is 5.32 Å². The van der Waals surface area contributed by atoms with Crippen molar-refractivity contribution in [2.24, 2.45) is 0 Å². The third-order valence-corrected chi connectivity index (χ3v) is 3.50. The van der Waals surface area contributed by atoms with Gasteiger partial charge >= 0.3 is 0 Å². The van der Waals surface area contributed by atoms with E-state index in [-0.39, 0.29) is 6.04 Å². The Labute approximate surface area is 127 Å². The molecule has 106 valence electrons. The lowest BCUT2D eigenvalue weighted by Crippen LogP contribution is -2.10. The lowest BCUT2D eigenvalue weighted by Gasteiger charge is -2.18. The van der Waals surface area contributed by atoms with E-state index in [1.165, 1.54) is 6.33 Å². The van der Waals surface area contributed by atoms with Crippen molar-refractivity contribution in [3.8, 4) is 5.69 Å². The highest BCUT2D eigenvalue weighted by Crippen LogP contribution is 2.30. The smallest absolute Gasteiger partial charge is 0.138 e. The first-order valence-corrected chi connectivity index (χ1v) is 6.93. The molecule has 2 heterocycles. The number of nitrogens with one attached hydrogen (secondary N) is 1. The zero-order chi connectivity index (χ0) is 14.7. The fourth-order valence-electron chi connectivity index (χ4n) is 2.14. The molecule has 0 aliphatic carbocycles. The molecule has 5 nitrogen and oxygen atoms in total. The Hall–Kier alpha value is -2.40. The van der Waals surface area contributed by atoms with Gasteiger partial charge in [-0.25, -0.2) is 9.67 Å². The summed E-state index contributed by atoms with van der Waals surface area (Å²) in [5.41, 5.74) is 2.78. The number of para-hydroxylation sites is 1. The second kappa shape index (κ2) is 5.93. The number of rotatable bonds is 4. The number of benzene rings is 1. The van der Waals surface area contributed by atoms with Crippen molar-refractivity contribution in [1.82, 2.24) is 19.7 Å². The third kappa shape index (κ3) is 2.87. The fourth-order valence-corrected chi connectivity index (χ4v) is 2.40. The summed E-state index contributed by atoms with van der Waals surface area (Å²) in [6.07, 6.45) is 6.71. The van der Waals surface area contributed by atoms with Gasteiger partial charge in [0, 0.05) is 12.4 Å². The molecule has 0 aliphatic rings. The summed E-state index contributed by atoms with van der Waals surface area (Å²) in [4.78, 5) is 8.12. The molecule has 0 spiro atoms. The maximum absolute atomic E-state index is 6.31.